The van der Waals surface area contributed by atoms with Crippen molar-refractivity contribution in [3.05, 3.63) is 65.2 Å². The first-order chi connectivity index (χ1) is 12.4. The Hall–Kier alpha value is -1.40. The van der Waals surface area contributed by atoms with Crippen LogP contribution in [0.2, 0.25) is 5.02 Å². The van der Waals surface area contributed by atoms with Crippen LogP contribution in [-0.2, 0) is 16.4 Å². The Morgan fingerprint density at radius 3 is 2.27 bits per heavy atom. The van der Waals surface area contributed by atoms with E-state index in [2.05, 4.69) is 43.0 Å². The van der Waals surface area contributed by atoms with Crippen LogP contribution in [0.3, 0.4) is 0 Å². The minimum Gasteiger partial charge on any atom is -0.295 e. The van der Waals surface area contributed by atoms with Crippen molar-refractivity contribution < 1.29 is 8.42 Å². The quantitative estimate of drug-likeness (QED) is 0.779. The molecule has 140 valence electrons. The van der Waals surface area contributed by atoms with Gasteiger partial charge in [0.1, 0.15) is 0 Å². The van der Waals surface area contributed by atoms with E-state index >= 15 is 0 Å². The van der Waals surface area contributed by atoms with E-state index in [-0.39, 0.29) is 17.0 Å². The van der Waals surface area contributed by atoms with E-state index in [9.17, 15) is 8.42 Å². The van der Waals surface area contributed by atoms with Gasteiger partial charge in [-0.2, -0.15) is 4.31 Å². The predicted molar refractivity (Wildman–Crippen MR) is 106 cm³/mol. The molecule has 4 nitrogen and oxygen atoms in total. The van der Waals surface area contributed by atoms with Crippen molar-refractivity contribution in [1.82, 2.24) is 9.21 Å². The third kappa shape index (κ3) is 4.29. The second-order valence-electron chi connectivity index (χ2n) is 6.95. The van der Waals surface area contributed by atoms with E-state index in [1.807, 2.05) is 6.07 Å². The number of sulfonamides is 1. The van der Waals surface area contributed by atoms with E-state index in [0.29, 0.717) is 18.1 Å². The summed E-state index contributed by atoms with van der Waals surface area (Å²) in [5.41, 5.74) is 1.31. The molecule has 3 rings (SSSR count). The number of benzene rings is 2. The van der Waals surface area contributed by atoms with Gasteiger partial charge in [-0.1, -0.05) is 48.0 Å². The zero-order valence-corrected chi connectivity index (χ0v) is 16.7. The number of hydrogen-bond acceptors (Lipinski definition) is 3. The largest absolute Gasteiger partial charge is 0.295 e. The molecule has 1 fully saturated rings. The molecule has 0 radical (unpaired) electrons. The van der Waals surface area contributed by atoms with Gasteiger partial charge in [0.05, 0.1) is 4.90 Å². The van der Waals surface area contributed by atoms with Gasteiger partial charge in [0.2, 0.25) is 10.0 Å². The molecule has 1 saturated heterocycles. The minimum absolute atomic E-state index is 0.163. The van der Waals surface area contributed by atoms with Crippen molar-refractivity contribution in [3.8, 4) is 0 Å². The lowest BCUT2D eigenvalue weighted by molar-refractivity contribution is 0.0784. The van der Waals surface area contributed by atoms with Crippen molar-refractivity contribution >= 4 is 21.6 Å². The van der Waals surface area contributed by atoms with Gasteiger partial charge in [0, 0.05) is 36.7 Å². The predicted octanol–water partition coefficient (Wildman–Crippen LogP) is 3.67. The standard InChI is InChI=1S/C20H25ClN2O2S/c1-16-14-22(26(24,25)20-10-6-9-19(21)13-20)15-17(2)23(16)12-11-18-7-4-3-5-8-18/h3-10,13,16-17H,11-12,14-15H2,1-2H3. The fourth-order valence-corrected chi connectivity index (χ4v) is 5.53. The molecule has 0 saturated carbocycles. The maximum Gasteiger partial charge on any atom is 0.243 e. The van der Waals surface area contributed by atoms with Gasteiger partial charge in [-0.3, -0.25) is 4.90 Å². The topological polar surface area (TPSA) is 40.6 Å². The molecule has 2 aromatic carbocycles. The first-order valence-electron chi connectivity index (χ1n) is 8.93. The third-order valence-electron chi connectivity index (χ3n) is 5.00. The molecule has 0 amide bonds. The summed E-state index contributed by atoms with van der Waals surface area (Å²) in [6, 6.07) is 17.2. The summed E-state index contributed by atoms with van der Waals surface area (Å²) in [7, 11) is -3.52. The molecular weight excluding hydrogens is 368 g/mol. The molecule has 0 bridgehead atoms. The molecule has 6 heteroatoms. The highest BCUT2D eigenvalue weighted by Gasteiger charge is 2.35. The van der Waals surface area contributed by atoms with Gasteiger partial charge in [-0.05, 0) is 44.0 Å². The van der Waals surface area contributed by atoms with Crippen LogP contribution in [-0.4, -0.2) is 49.3 Å². The van der Waals surface area contributed by atoms with Crippen molar-refractivity contribution in [2.24, 2.45) is 0 Å². The average Bonchev–Trinajstić information content (AvgIpc) is 2.61. The Labute approximate surface area is 161 Å². The highest BCUT2D eigenvalue weighted by Crippen LogP contribution is 2.25. The highest BCUT2D eigenvalue weighted by atomic mass is 35.5. The van der Waals surface area contributed by atoms with Crippen molar-refractivity contribution in [3.63, 3.8) is 0 Å². The highest BCUT2D eigenvalue weighted by molar-refractivity contribution is 7.89. The summed E-state index contributed by atoms with van der Waals surface area (Å²) >= 11 is 5.98. The van der Waals surface area contributed by atoms with Crippen molar-refractivity contribution in [2.45, 2.75) is 37.2 Å². The zero-order valence-electron chi connectivity index (χ0n) is 15.2. The first kappa shape index (κ1) is 19.4. The normalized spacial score (nSPS) is 22.4. The lowest BCUT2D eigenvalue weighted by atomic mass is 10.1. The molecule has 1 aliphatic rings. The summed E-state index contributed by atoms with van der Waals surface area (Å²) in [6.45, 7) is 6.11. The summed E-state index contributed by atoms with van der Waals surface area (Å²) < 4.78 is 27.5. The van der Waals surface area contributed by atoms with E-state index in [4.69, 9.17) is 11.6 Å². The maximum atomic E-state index is 13.0. The van der Waals surface area contributed by atoms with Gasteiger partial charge in [0.25, 0.3) is 0 Å². The Kier molecular flexibility index (Phi) is 6.03. The fourth-order valence-electron chi connectivity index (χ4n) is 3.62. The fraction of sp³-hybridized carbons (Fsp3) is 0.400. The first-order valence-corrected chi connectivity index (χ1v) is 10.7. The van der Waals surface area contributed by atoms with E-state index in [0.717, 1.165) is 13.0 Å². The lowest BCUT2D eigenvalue weighted by Gasteiger charge is -2.43. The van der Waals surface area contributed by atoms with Crippen molar-refractivity contribution in [2.75, 3.05) is 19.6 Å². The summed E-state index contributed by atoms with van der Waals surface area (Å²) in [5.74, 6) is 0. The number of halogens is 1. The molecule has 1 aliphatic heterocycles. The second kappa shape index (κ2) is 8.09. The molecule has 0 spiro atoms. The Balaban J connectivity index is 1.69. The lowest BCUT2D eigenvalue weighted by Crippen LogP contribution is -2.58. The molecule has 0 N–H and O–H groups in total. The van der Waals surface area contributed by atoms with Gasteiger partial charge >= 0.3 is 0 Å². The smallest absolute Gasteiger partial charge is 0.243 e. The van der Waals surface area contributed by atoms with Crippen LogP contribution in [0, 0.1) is 0 Å². The summed E-state index contributed by atoms with van der Waals surface area (Å²) in [5, 5.41) is 0.439. The number of rotatable bonds is 5. The van der Waals surface area contributed by atoms with Crippen LogP contribution >= 0.6 is 11.6 Å². The Morgan fingerprint density at radius 1 is 1.00 bits per heavy atom. The van der Waals surface area contributed by atoms with Gasteiger partial charge in [0.15, 0.2) is 0 Å². The molecular formula is C20H25ClN2O2S. The monoisotopic (exact) mass is 392 g/mol. The van der Waals surface area contributed by atoms with Crippen LogP contribution in [0.5, 0.6) is 0 Å². The van der Waals surface area contributed by atoms with Gasteiger partial charge < -0.3 is 0 Å². The summed E-state index contributed by atoms with van der Waals surface area (Å²) in [4.78, 5) is 2.67. The van der Waals surface area contributed by atoms with Crippen LogP contribution in [0.25, 0.3) is 0 Å². The molecule has 0 aliphatic carbocycles. The second-order valence-corrected chi connectivity index (χ2v) is 9.33. The zero-order chi connectivity index (χ0) is 18.7. The summed E-state index contributed by atoms with van der Waals surface area (Å²) in [6.07, 6.45) is 0.969. The van der Waals surface area contributed by atoms with Gasteiger partial charge in [-0.15, -0.1) is 0 Å². The Morgan fingerprint density at radius 2 is 1.65 bits per heavy atom. The van der Waals surface area contributed by atoms with E-state index in [1.54, 1.807) is 22.5 Å². The van der Waals surface area contributed by atoms with Crippen LogP contribution < -0.4 is 0 Å². The van der Waals surface area contributed by atoms with Crippen LogP contribution in [0.4, 0.5) is 0 Å². The molecule has 2 aromatic rings. The molecule has 26 heavy (non-hydrogen) atoms. The maximum absolute atomic E-state index is 13.0. The molecule has 2 unspecified atom stereocenters. The SMILES string of the molecule is CC1CN(S(=O)(=O)c2cccc(Cl)c2)CC(C)N1CCc1ccccc1. The molecule has 2 atom stereocenters. The molecule has 0 aromatic heterocycles. The van der Waals surface area contributed by atoms with Crippen LogP contribution in [0.15, 0.2) is 59.5 Å². The molecule has 1 heterocycles. The van der Waals surface area contributed by atoms with Crippen molar-refractivity contribution in [1.29, 1.82) is 0 Å². The number of hydrogen-bond donors (Lipinski definition) is 0. The third-order valence-corrected chi connectivity index (χ3v) is 7.07. The van der Waals surface area contributed by atoms with E-state index in [1.165, 1.54) is 11.6 Å². The Bertz CT molecular complexity index is 830. The van der Waals surface area contributed by atoms with Crippen LogP contribution in [0.1, 0.15) is 19.4 Å². The minimum atomic E-state index is -3.52. The van der Waals surface area contributed by atoms with Gasteiger partial charge in [-0.25, -0.2) is 8.42 Å². The number of piperazine rings is 1. The number of nitrogens with zero attached hydrogens (tertiary/aromatic N) is 2. The average molecular weight is 393 g/mol. The van der Waals surface area contributed by atoms with E-state index < -0.39 is 10.0 Å².